The van der Waals surface area contributed by atoms with Gasteiger partial charge in [0, 0.05) is 11.3 Å². The fourth-order valence-electron chi connectivity index (χ4n) is 3.50. The molecule has 0 unspecified atom stereocenters. The number of anilines is 1. The minimum Gasteiger partial charge on any atom is -0.467 e. The van der Waals surface area contributed by atoms with Gasteiger partial charge in [0.25, 0.3) is 0 Å². The van der Waals surface area contributed by atoms with E-state index in [0.29, 0.717) is 22.5 Å². The normalized spacial score (nSPS) is 11.5. The molecule has 0 aliphatic carbocycles. The molecule has 8 heteroatoms. The molecular weight excluding hydrogens is 456 g/mol. The summed E-state index contributed by atoms with van der Waals surface area (Å²) in [6, 6.07) is 19.1. The smallest absolute Gasteiger partial charge is 0.234 e. The van der Waals surface area contributed by atoms with Crippen molar-refractivity contribution in [2.75, 3.05) is 11.1 Å². The Kier molecular flexibility index (Phi) is 6.91. The van der Waals surface area contributed by atoms with Crippen molar-refractivity contribution in [2.45, 2.75) is 37.9 Å². The van der Waals surface area contributed by atoms with E-state index in [2.05, 4.69) is 36.3 Å². The molecule has 1 N–H and O–H groups in total. The molecule has 0 aliphatic heterocycles. The summed E-state index contributed by atoms with van der Waals surface area (Å²) in [5.74, 6) is 1.46. The number of carbonyl (C=O) groups is 1. The van der Waals surface area contributed by atoms with Gasteiger partial charge in [0.05, 0.1) is 23.6 Å². The zero-order valence-corrected chi connectivity index (χ0v) is 20.3. The van der Waals surface area contributed by atoms with Crippen molar-refractivity contribution in [3.63, 3.8) is 0 Å². The maximum Gasteiger partial charge on any atom is 0.234 e. The Morgan fingerprint density at radius 2 is 1.82 bits per heavy atom. The minimum absolute atomic E-state index is 0.0793. The zero-order valence-electron chi connectivity index (χ0n) is 18.7. The third-order valence-corrected chi connectivity index (χ3v) is 6.36. The number of aromatic nitrogens is 3. The molecule has 0 atom stereocenters. The van der Waals surface area contributed by atoms with Gasteiger partial charge in [0.1, 0.15) is 5.76 Å². The largest absolute Gasteiger partial charge is 0.467 e. The molecule has 170 valence electrons. The Labute approximate surface area is 202 Å². The summed E-state index contributed by atoms with van der Waals surface area (Å²) in [5.41, 5.74) is 2.60. The number of benzene rings is 2. The summed E-state index contributed by atoms with van der Waals surface area (Å²) in [7, 11) is 0. The van der Waals surface area contributed by atoms with Crippen LogP contribution in [0, 0.1) is 0 Å². The molecular formula is C25H25ClN4O2S. The number of thioether (sulfide) groups is 1. The molecule has 0 saturated heterocycles. The monoisotopic (exact) mass is 480 g/mol. The molecule has 4 rings (SSSR count). The van der Waals surface area contributed by atoms with Gasteiger partial charge in [-0.2, -0.15) is 0 Å². The van der Waals surface area contributed by atoms with Crippen LogP contribution in [-0.4, -0.2) is 26.4 Å². The van der Waals surface area contributed by atoms with E-state index in [4.69, 9.17) is 16.0 Å². The molecule has 0 radical (unpaired) electrons. The molecule has 2 heterocycles. The number of halogens is 1. The maximum atomic E-state index is 12.8. The molecule has 6 nitrogen and oxygen atoms in total. The van der Waals surface area contributed by atoms with Crippen LogP contribution in [0.5, 0.6) is 0 Å². The summed E-state index contributed by atoms with van der Waals surface area (Å²) < 4.78 is 7.45. The van der Waals surface area contributed by atoms with Gasteiger partial charge in [-0.3, -0.25) is 9.36 Å². The van der Waals surface area contributed by atoms with E-state index >= 15 is 0 Å². The summed E-state index contributed by atoms with van der Waals surface area (Å²) in [6.07, 6.45) is 1.63. The van der Waals surface area contributed by atoms with E-state index in [1.165, 1.54) is 11.8 Å². The van der Waals surface area contributed by atoms with Gasteiger partial charge in [-0.15, -0.1) is 10.2 Å². The molecule has 0 saturated carbocycles. The standard InChI is InChI=1S/C25H25ClN4O2S/c1-25(2,3)19-11-5-7-13-21(19)27-22(31)16-33-24-29-28-23(18-10-4-6-12-20(18)26)30(24)15-17-9-8-14-32-17/h4-14H,15-16H2,1-3H3,(H,27,31). The summed E-state index contributed by atoms with van der Waals surface area (Å²) >= 11 is 7.74. The molecule has 0 spiro atoms. The molecule has 2 aromatic heterocycles. The van der Waals surface area contributed by atoms with E-state index in [0.717, 1.165) is 22.6 Å². The number of nitrogens with one attached hydrogen (secondary N) is 1. The van der Waals surface area contributed by atoms with Crippen molar-refractivity contribution in [3.05, 3.63) is 83.3 Å². The molecule has 0 bridgehead atoms. The second-order valence-electron chi connectivity index (χ2n) is 8.58. The average molecular weight is 481 g/mol. The van der Waals surface area contributed by atoms with Gasteiger partial charge >= 0.3 is 0 Å². The Hall–Kier alpha value is -3.03. The summed E-state index contributed by atoms with van der Waals surface area (Å²) in [4.78, 5) is 12.8. The van der Waals surface area contributed by atoms with Gasteiger partial charge < -0.3 is 9.73 Å². The number of furan rings is 1. The zero-order chi connectivity index (χ0) is 23.4. The highest BCUT2D eigenvalue weighted by Crippen LogP contribution is 2.31. The number of para-hydroxylation sites is 1. The number of nitrogens with zero attached hydrogens (tertiary/aromatic N) is 3. The summed E-state index contributed by atoms with van der Waals surface area (Å²) in [6.45, 7) is 6.80. The fourth-order valence-corrected chi connectivity index (χ4v) is 4.46. The number of hydrogen-bond acceptors (Lipinski definition) is 5. The number of carbonyl (C=O) groups excluding carboxylic acids is 1. The van der Waals surface area contributed by atoms with E-state index in [1.54, 1.807) is 6.26 Å². The topological polar surface area (TPSA) is 73.0 Å². The third-order valence-electron chi connectivity index (χ3n) is 5.07. The number of hydrogen-bond donors (Lipinski definition) is 1. The Morgan fingerprint density at radius 3 is 2.55 bits per heavy atom. The highest BCUT2D eigenvalue weighted by Gasteiger charge is 2.21. The van der Waals surface area contributed by atoms with Crippen LogP contribution in [0.25, 0.3) is 11.4 Å². The van der Waals surface area contributed by atoms with Crippen LogP contribution in [0.3, 0.4) is 0 Å². The first-order chi connectivity index (χ1) is 15.8. The second-order valence-corrected chi connectivity index (χ2v) is 9.93. The molecule has 4 aromatic rings. The first-order valence-corrected chi connectivity index (χ1v) is 11.9. The van der Waals surface area contributed by atoms with Crippen molar-refractivity contribution >= 4 is 35.0 Å². The second kappa shape index (κ2) is 9.85. The van der Waals surface area contributed by atoms with E-state index in [1.807, 2.05) is 65.2 Å². The lowest BCUT2D eigenvalue weighted by molar-refractivity contribution is -0.113. The fraction of sp³-hybridized carbons (Fsp3) is 0.240. The SMILES string of the molecule is CC(C)(C)c1ccccc1NC(=O)CSc1nnc(-c2ccccc2Cl)n1Cc1ccco1. The predicted molar refractivity (Wildman–Crippen MR) is 133 cm³/mol. The highest BCUT2D eigenvalue weighted by atomic mass is 35.5. The van der Waals surface area contributed by atoms with Crippen LogP contribution in [-0.2, 0) is 16.8 Å². The van der Waals surface area contributed by atoms with Crippen LogP contribution in [0.1, 0.15) is 32.1 Å². The number of amides is 1. The van der Waals surface area contributed by atoms with E-state index in [9.17, 15) is 4.79 Å². The van der Waals surface area contributed by atoms with Gasteiger partial charge in [0.15, 0.2) is 11.0 Å². The van der Waals surface area contributed by atoms with Crippen LogP contribution in [0.4, 0.5) is 5.69 Å². The van der Waals surface area contributed by atoms with Gasteiger partial charge in [-0.25, -0.2) is 0 Å². The average Bonchev–Trinajstić information content (AvgIpc) is 3.43. The van der Waals surface area contributed by atoms with Crippen molar-refractivity contribution in [2.24, 2.45) is 0 Å². The molecule has 0 aliphatic rings. The first-order valence-electron chi connectivity index (χ1n) is 10.6. The van der Waals surface area contributed by atoms with Crippen molar-refractivity contribution in [1.29, 1.82) is 0 Å². The summed E-state index contributed by atoms with van der Waals surface area (Å²) in [5, 5.41) is 13.0. The minimum atomic E-state index is -0.108. The molecule has 2 aromatic carbocycles. The lowest BCUT2D eigenvalue weighted by Crippen LogP contribution is -2.20. The first kappa shape index (κ1) is 23.1. The van der Waals surface area contributed by atoms with Crippen LogP contribution in [0.2, 0.25) is 5.02 Å². The maximum absolute atomic E-state index is 12.8. The van der Waals surface area contributed by atoms with Crippen LogP contribution >= 0.6 is 23.4 Å². The molecule has 1 amide bonds. The van der Waals surface area contributed by atoms with E-state index in [-0.39, 0.29) is 17.1 Å². The van der Waals surface area contributed by atoms with Crippen LogP contribution in [0.15, 0.2) is 76.5 Å². The number of rotatable bonds is 7. The van der Waals surface area contributed by atoms with Gasteiger partial charge in [-0.1, -0.05) is 74.5 Å². The van der Waals surface area contributed by atoms with E-state index < -0.39 is 0 Å². The van der Waals surface area contributed by atoms with Crippen molar-refractivity contribution < 1.29 is 9.21 Å². The Bertz CT molecular complexity index is 1250. The third kappa shape index (κ3) is 5.49. The highest BCUT2D eigenvalue weighted by molar-refractivity contribution is 7.99. The van der Waals surface area contributed by atoms with Crippen LogP contribution < -0.4 is 5.32 Å². The molecule has 33 heavy (non-hydrogen) atoms. The Balaban J connectivity index is 1.55. The quantitative estimate of drug-likeness (QED) is 0.315. The van der Waals surface area contributed by atoms with Gasteiger partial charge in [-0.05, 0) is 41.3 Å². The van der Waals surface area contributed by atoms with Crippen molar-refractivity contribution in [3.8, 4) is 11.4 Å². The molecule has 0 fully saturated rings. The van der Waals surface area contributed by atoms with Gasteiger partial charge in [0.2, 0.25) is 5.91 Å². The lowest BCUT2D eigenvalue weighted by Gasteiger charge is -2.23. The predicted octanol–water partition coefficient (Wildman–Crippen LogP) is 6.27. The Morgan fingerprint density at radius 1 is 1.06 bits per heavy atom. The lowest BCUT2D eigenvalue weighted by atomic mass is 9.86. The van der Waals surface area contributed by atoms with Crippen molar-refractivity contribution in [1.82, 2.24) is 14.8 Å².